The Morgan fingerprint density at radius 3 is 2.35 bits per heavy atom. The van der Waals surface area contributed by atoms with Gasteiger partial charge in [0.15, 0.2) is 0 Å². The molecule has 4 nitrogen and oxygen atoms in total. The van der Waals surface area contributed by atoms with Crippen molar-refractivity contribution in [1.82, 2.24) is 10.2 Å². The molecule has 17 heavy (non-hydrogen) atoms. The molecule has 1 N–H and O–H groups in total. The van der Waals surface area contributed by atoms with Gasteiger partial charge in [-0.3, -0.25) is 9.59 Å². The lowest BCUT2D eigenvalue weighted by atomic mass is 10.1. The van der Waals surface area contributed by atoms with E-state index in [-0.39, 0.29) is 23.9 Å². The summed E-state index contributed by atoms with van der Waals surface area (Å²) in [5, 5.41) is 2.83. The van der Waals surface area contributed by atoms with Crippen molar-refractivity contribution in [3.05, 3.63) is 0 Å². The molecule has 0 rings (SSSR count). The van der Waals surface area contributed by atoms with E-state index in [0.717, 1.165) is 12.2 Å². The summed E-state index contributed by atoms with van der Waals surface area (Å²) in [5.74, 6) is 1.32. The van der Waals surface area contributed by atoms with Gasteiger partial charge in [0.1, 0.15) is 0 Å². The summed E-state index contributed by atoms with van der Waals surface area (Å²) in [7, 11) is 1.66. The molecule has 0 saturated heterocycles. The first-order valence-electron chi connectivity index (χ1n) is 5.89. The average molecular weight is 260 g/mol. The second-order valence-electron chi connectivity index (χ2n) is 5.10. The van der Waals surface area contributed by atoms with Gasteiger partial charge < -0.3 is 10.2 Å². The summed E-state index contributed by atoms with van der Waals surface area (Å²) < 4.78 is 0. The first-order chi connectivity index (χ1) is 7.76. The normalized spacial score (nSPS) is 11.1. The first kappa shape index (κ1) is 16.3. The molecular weight excluding hydrogens is 236 g/mol. The summed E-state index contributed by atoms with van der Waals surface area (Å²) in [6, 6.07) is 0. The van der Waals surface area contributed by atoms with Gasteiger partial charge in [-0.1, -0.05) is 6.92 Å². The molecule has 0 spiro atoms. The van der Waals surface area contributed by atoms with Gasteiger partial charge in [0.05, 0.1) is 12.3 Å². The Kier molecular flexibility index (Phi) is 7.27. The van der Waals surface area contributed by atoms with Crippen LogP contribution in [0.5, 0.6) is 0 Å². The minimum atomic E-state index is -0.252. The summed E-state index contributed by atoms with van der Waals surface area (Å²) in [6.07, 6.45) is 1.06. The highest BCUT2D eigenvalue weighted by molar-refractivity contribution is 7.99. The second-order valence-corrected chi connectivity index (χ2v) is 6.21. The highest BCUT2D eigenvalue weighted by atomic mass is 32.2. The maximum Gasteiger partial charge on any atom is 0.240 e. The molecule has 0 fully saturated rings. The van der Waals surface area contributed by atoms with Crippen molar-refractivity contribution in [1.29, 1.82) is 0 Å². The average Bonchev–Trinajstić information content (AvgIpc) is 2.14. The maximum atomic E-state index is 11.6. The molecule has 0 bridgehead atoms. The predicted molar refractivity (Wildman–Crippen MR) is 73.1 cm³/mol. The Balaban J connectivity index is 3.95. The fourth-order valence-corrected chi connectivity index (χ4v) is 2.00. The van der Waals surface area contributed by atoms with Crippen LogP contribution in [0.4, 0.5) is 0 Å². The molecular formula is C12H24N2O2S. The SMILES string of the molecule is CCCSCC(=O)N(C)CC(=O)NC(C)(C)C. The monoisotopic (exact) mass is 260 g/mol. The van der Waals surface area contributed by atoms with Crippen molar-refractivity contribution < 1.29 is 9.59 Å². The summed E-state index contributed by atoms with van der Waals surface area (Å²) in [5.41, 5.74) is -0.252. The maximum absolute atomic E-state index is 11.6. The predicted octanol–water partition coefficient (Wildman–Crippen LogP) is 1.50. The fourth-order valence-electron chi connectivity index (χ4n) is 1.18. The second kappa shape index (κ2) is 7.58. The van der Waals surface area contributed by atoms with Gasteiger partial charge in [0.2, 0.25) is 11.8 Å². The number of hydrogen-bond donors (Lipinski definition) is 1. The molecule has 0 aliphatic carbocycles. The molecule has 0 atom stereocenters. The summed E-state index contributed by atoms with van der Waals surface area (Å²) >= 11 is 1.61. The van der Waals surface area contributed by atoms with Gasteiger partial charge in [-0.25, -0.2) is 0 Å². The van der Waals surface area contributed by atoms with Crippen molar-refractivity contribution in [3.63, 3.8) is 0 Å². The van der Waals surface area contributed by atoms with E-state index in [1.165, 1.54) is 4.90 Å². The van der Waals surface area contributed by atoms with Gasteiger partial charge >= 0.3 is 0 Å². The number of carbonyl (C=O) groups excluding carboxylic acids is 2. The molecule has 0 aliphatic heterocycles. The lowest BCUT2D eigenvalue weighted by molar-refractivity contribution is -0.133. The van der Waals surface area contributed by atoms with E-state index in [2.05, 4.69) is 12.2 Å². The van der Waals surface area contributed by atoms with Crippen LogP contribution in [-0.4, -0.2) is 47.4 Å². The number of likely N-dealkylation sites (N-methyl/N-ethyl adjacent to an activating group) is 1. The third kappa shape index (κ3) is 9.03. The van der Waals surface area contributed by atoms with E-state index >= 15 is 0 Å². The molecule has 0 heterocycles. The topological polar surface area (TPSA) is 49.4 Å². The van der Waals surface area contributed by atoms with Crippen LogP contribution in [-0.2, 0) is 9.59 Å². The number of nitrogens with one attached hydrogen (secondary N) is 1. The van der Waals surface area contributed by atoms with Gasteiger partial charge in [0, 0.05) is 12.6 Å². The van der Waals surface area contributed by atoms with E-state index in [1.54, 1.807) is 18.8 Å². The smallest absolute Gasteiger partial charge is 0.240 e. The largest absolute Gasteiger partial charge is 0.350 e. The third-order valence-corrected chi connectivity index (χ3v) is 3.04. The van der Waals surface area contributed by atoms with Crippen LogP contribution in [0.1, 0.15) is 34.1 Å². The van der Waals surface area contributed by atoms with Crippen molar-refractivity contribution in [2.45, 2.75) is 39.7 Å². The van der Waals surface area contributed by atoms with Crippen molar-refractivity contribution in [2.75, 3.05) is 25.1 Å². The van der Waals surface area contributed by atoms with Crippen LogP contribution in [0.3, 0.4) is 0 Å². The summed E-state index contributed by atoms with van der Waals surface area (Å²) in [4.78, 5) is 24.7. The van der Waals surface area contributed by atoms with E-state index < -0.39 is 0 Å². The van der Waals surface area contributed by atoms with E-state index in [0.29, 0.717) is 5.75 Å². The Morgan fingerprint density at radius 1 is 1.29 bits per heavy atom. The summed E-state index contributed by atoms with van der Waals surface area (Å²) in [6.45, 7) is 7.97. The Labute approximate surface area is 109 Å². The molecule has 2 amide bonds. The minimum Gasteiger partial charge on any atom is -0.350 e. The fraction of sp³-hybridized carbons (Fsp3) is 0.833. The molecule has 100 valence electrons. The number of rotatable bonds is 6. The minimum absolute atomic E-state index is 0.00695. The molecule has 0 unspecified atom stereocenters. The highest BCUT2D eigenvalue weighted by Gasteiger charge is 2.17. The molecule has 0 radical (unpaired) electrons. The van der Waals surface area contributed by atoms with Crippen LogP contribution in [0.2, 0.25) is 0 Å². The molecule has 5 heteroatoms. The molecule has 0 aromatic rings. The number of thioether (sulfide) groups is 1. The van der Waals surface area contributed by atoms with Crippen molar-refractivity contribution in [3.8, 4) is 0 Å². The highest BCUT2D eigenvalue weighted by Crippen LogP contribution is 2.04. The third-order valence-electron chi connectivity index (χ3n) is 1.89. The van der Waals surface area contributed by atoms with Crippen molar-refractivity contribution >= 4 is 23.6 Å². The van der Waals surface area contributed by atoms with Crippen LogP contribution < -0.4 is 5.32 Å². The Hall–Kier alpha value is -0.710. The molecule has 0 aromatic heterocycles. The van der Waals surface area contributed by atoms with E-state index in [1.807, 2.05) is 20.8 Å². The van der Waals surface area contributed by atoms with Crippen LogP contribution >= 0.6 is 11.8 Å². The van der Waals surface area contributed by atoms with Crippen LogP contribution in [0, 0.1) is 0 Å². The van der Waals surface area contributed by atoms with Crippen LogP contribution in [0.25, 0.3) is 0 Å². The molecule has 0 aromatic carbocycles. The number of amides is 2. The van der Waals surface area contributed by atoms with Gasteiger partial charge in [0.25, 0.3) is 0 Å². The van der Waals surface area contributed by atoms with E-state index in [4.69, 9.17) is 0 Å². The van der Waals surface area contributed by atoms with Gasteiger partial charge in [-0.2, -0.15) is 11.8 Å². The lowest BCUT2D eigenvalue weighted by Crippen LogP contribution is -2.46. The standard InChI is InChI=1S/C12H24N2O2S/c1-6-7-17-9-11(16)14(5)8-10(15)13-12(2,3)4/h6-9H2,1-5H3,(H,13,15). The van der Waals surface area contributed by atoms with E-state index in [9.17, 15) is 9.59 Å². The zero-order chi connectivity index (χ0) is 13.5. The first-order valence-corrected chi connectivity index (χ1v) is 7.04. The Morgan fingerprint density at radius 2 is 1.88 bits per heavy atom. The quantitative estimate of drug-likeness (QED) is 0.736. The number of carbonyl (C=O) groups is 2. The number of nitrogens with zero attached hydrogens (tertiary/aromatic N) is 1. The Bertz CT molecular complexity index is 262. The molecule has 0 saturated carbocycles. The number of hydrogen-bond acceptors (Lipinski definition) is 3. The zero-order valence-corrected chi connectivity index (χ0v) is 12.3. The van der Waals surface area contributed by atoms with Gasteiger partial charge in [-0.15, -0.1) is 0 Å². The zero-order valence-electron chi connectivity index (χ0n) is 11.5. The lowest BCUT2D eigenvalue weighted by Gasteiger charge is -2.23. The van der Waals surface area contributed by atoms with Gasteiger partial charge in [-0.05, 0) is 32.9 Å². The molecule has 0 aliphatic rings. The van der Waals surface area contributed by atoms with Crippen molar-refractivity contribution in [2.24, 2.45) is 0 Å². The van der Waals surface area contributed by atoms with Crippen LogP contribution in [0.15, 0.2) is 0 Å².